The molecule has 0 aliphatic rings. The number of hydrogen-bond donors (Lipinski definition) is 1. The largest absolute Gasteiger partial charge is 0.352 e. The maximum Gasteiger partial charge on any atom is 0.243 e. The first-order valence-corrected chi connectivity index (χ1v) is 12.1. The van der Waals surface area contributed by atoms with Gasteiger partial charge >= 0.3 is 0 Å². The highest BCUT2D eigenvalue weighted by atomic mass is 35.5. The third-order valence-electron chi connectivity index (χ3n) is 5.19. The predicted octanol–water partition coefficient (Wildman–Crippen LogP) is 5.57. The van der Waals surface area contributed by atoms with E-state index in [2.05, 4.69) is 5.32 Å². The van der Waals surface area contributed by atoms with E-state index in [1.807, 2.05) is 20.8 Å². The summed E-state index contributed by atoms with van der Waals surface area (Å²) in [6.45, 7) is 5.90. The number of carbonyl (C=O) groups is 2. The van der Waals surface area contributed by atoms with Crippen molar-refractivity contribution in [1.29, 1.82) is 0 Å². The van der Waals surface area contributed by atoms with Gasteiger partial charge in [-0.15, -0.1) is 11.8 Å². The maximum absolute atomic E-state index is 14.0. The van der Waals surface area contributed by atoms with E-state index in [9.17, 15) is 18.4 Å². The monoisotopic (exact) mass is 482 g/mol. The molecular weight excluding hydrogens is 454 g/mol. The van der Waals surface area contributed by atoms with Crippen LogP contribution in [-0.2, 0) is 21.9 Å². The zero-order valence-electron chi connectivity index (χ0n) is 18.5. The number of thioether (sulfide) groups is 1. The Kier molecular flexibility index (Phi) is 10.5. The first kappa shape index (κ1) is 26.1. The van der Waals surface area contributed by atoms with Crippen molar-refractivity contribution in [2.24, 2.45) is 0 Å². The summed E-state index contributed by atoms with van der Waals surface area (Å²) < 4.78 is 27.3. The molecule has 2 atom stereocenters. The van der Waals surface area contributed by atoms with Gasteiger partial charge in [0.25, 0.3) is 0 Å². The number of halogens is 3. The van der Waals surface area contributed by atoms with Crippen LogP contribution in [0.4, 0.5) is 8.78 Å². The van der Waals surface area contributed by atoms with E-state index in [0.29, 0.717) is 17.0 Å². The fraction of sp³-hybridized carbons (Fsp3) is 0.417. The van der Waals surface area contributed by atoms with E-state index in [4.69, 9.17) is 11.6 Å². The van der Waals surface area contributed by atoms with Crippen molar-refractivity contribution < 1.29 is 18.4 Å². The summed E-state index contributed by atoms with van der Waals surface area (Å²) in [4.78, 5) is 27.6. The Balaban J connectivity index is 2.16. The number of nitrogens with one attached hydrogen (secondary N) is 1. The summed E-state index contributed by atoms with van der Waals surface area (Å²) >= 11 is 7.31. The number of nitrogens with zero attached hydrogens (tertiary/aromatic N) is 1. The van der Waals surface area contributed by atoms with Gasteiger partial charge in [-0.2, -0.15) is 0 Å². The molecule has 32 heavy (non-hydrogen) atoms. The topological polar surface area (TPSA) is 49.4 Å². The van der Waals surface area contributed by atoms with Crippen LogP contribution in [0.15, 0.2) is 42.5 Å². The second-order valence-electron chi connectivity index (χ2n) is 7.58. The van der Waals surface area contributed by atoms with Crippen LogP contribution >= 0.6 is 23.4 Å². The molecule has 0 radical (unpaired) electrons. The van der Waals surface area contributed by atoms with E-state index >= 15 is 0 Å². The van der Waals surface area contributed by atoms with Crippen molar-refractivity contribution in [3.05, 3.63) is 70.2 Å². The molecule has 0 unspecified atom stereocenters. The molecule has 1 N–H and O–H groups in total. The van der Waals surface area contributed by atoms with Crippen LogP contribution in [0.3, 0.4) is 0 Å². The molecule has 2 amide bonds. The molecule has 0 spiro atoms. The highest BCUT2D eigenvalue weighted by Gasteiger charge is 2.29. The number of amides is 2. The Morgan fingerprint density at radius 2 is 1.78 bits per heavy atom. The van der Waals surface area contributed by atoms with Gasteiger partial charge in [0.1, 0.15) is 17.7 Å². The first-order valence-electron chi connectivity index (χ1n) is 10.6. The minimum Gasteiger partial charge on any atom is -0.352 e. The van der Waals surface area contributed by atoms with Crippen LogP contribution in [0.2, 0.25) is 5.02 Å². The number of carbonyl (C=O) groups excluding carboxylic acids is 2. The van der Waals surface area contributed by atoms with Crippen LogP contribution < -0.4 is 5.32 Å². The van der Waals surface area contributed by atoms with Gasteiger partial charge in [0.15, 0.2) is 0 Å². The molecule has 0 fully saturated rings. The molecule has 8 heteroatoms. The third kappa shape index (κ3) is 7.48. The van der Waals surface area contributed by atoms with Crippen LogP contribution in [0.5, 0.6) is 0 Å². The lowest BCUT2D eigenvalue weighted by Crippen LogP contribution is -2.51. The quantitative estimate of drug-likeness (QED) is 0.455. The Hall–Kier alpha value is -2.12. The van der Waals surface area contributed by atoms with E-state index in [-0.39, 0.29) is 41.7 Å². The lowest BCUT2D eigenvalue weighted by atomic mass is 10.1. The Morgan fingerprint density at radius 3 is 2.38 bits per heavy atom. The highest BCUT2D eigenvalue weighted by molar-refractivity contribution is 7.99. The highest BCUT2D eigenvalue weighted by Crippen LogP contribution is 2.24. The first-order chi connectivity index (χ1) is 15.3. The Morgan fingerprint density at radius 1 is 1.09 bits per heavy atom. The average Bonchev–Trinajstić information content (AvgIpc) is 2.76. The molecule has 0 saturated carbocycles. The smallest absolute Gasteiger partial charge is 0.243 e. The van der Waals surface area contributed by atoms with Gasteiger partial charge in [-0.1, -0.05) is 43.6 Å². The fourth-order valence-corrected chi connectivity index (χ4v) is 4.39. The van der Waals surface area contributed by atoms with Crippen molar-refractivity contribution in [2.45, 2.75) is 58.0 Å². The maximum atomic E-state index is 14.0. The number of rotatable bonds is 11. The second-order valence-corrected chi connectivity index (χ2v) is 8.98. The molecule has 4 nitrogen and oxygen atoms in total. The van der Waals surface area contributed by atoms with Crippen molar-refractivity contribution >= 4 is 35.2 Å². The molecule has 2 rings (SSSR count). The zero-order chi connectivity index (χ0) is 23.7. The minimum atomic E-state index is -0.667. The molecule has 2 aromatic rings. The van der Waals surface area contributed by atoms with Crippen LogP contribution in [0.25, 0.3) is 0 Å². The lowest BCUT2D eigenvalue weighted by Gasteiger charge is -2.31. The molecular formula is C24H29ClF2N2O2S. The van der Waals surface area contributed by atoms with Crippen molar-refractivity contribution in [3.63, 3.8) is 0 Å². The van der Waals surface area contributed by atoms with E-state index < -0.39 is 11.9 Å². The normalized spacial score (nSPS) is 12.8. The van der Waals surface area contributed by atoms with Gasteiger partial charge in [0, 0.05) is 28.9 Å². The zero-order valence-corrected chi connectivity index (χ0v) is 20.1. The predicted molar refractivity (Wildman–Crippen MR) is 126 cm³/mol. The molecule has 0 bridgehead atoms. The average molecular weight is 483 g/mol. The van der Waals surface area contributed by atoms with Crippen molar-refractivity contribution in [2.75, 3.05) is 5.75 Å². The van der Waals surface area contributed by atoms with E-state index in [1.54, 1.807) is 18.2 Å². The molecule has 0 aliphatic carbocycles. The second kappa shape index (κ2) is 12.8. The molecule has 2 aromatic carbocycles. The Labute approximate surface area is 197 Å². The van der Waals surface area contributed by atoms with Crippen LogP contribution in [-0.4, -0.2) is 34.6 Å². The van der Waals surface area contributed by atoms with Crippen molar-refractivity contribution in [3.8, 4) is 0 Å². The van der Waals surface area contributed by atoms with Gasteiger partial charge in [0.2, 0.25) is 11.8 Å². The fourth-order valence-electron chi connectivity index (χ4n) is 3.14. The lowest BCUT2D eigenvalue weighted by molar-refractivity contribution is -0.139. The summed E-state index contributed by atoms with van der Waals surface area (Å²) in [6, 6.07) is 9.63. The summed E-state index contributed by atoms with van der Waals surface area (Å²) in [6.07, 6.45) is 1.20. The molecule has 0 saturated heterocycles. The van der Waals surface area contributed by atoms with Gasteiger partial charge in [-0.3, -0.25) is 9.59 Å². The number of hydrogen-bond acceptors (Lipinski definition) is 3. The number of benzene rings is 2. The third-order valence-corrected chi connectivity index (χ3v) is 6.48. The standard InChI is InChI=1S/C24H29ClF2N2O2S/c1-4-16(3)28-24(31)22(5-2)29(13-17-9-11-18(26)12-10-17)23(30)15-32-14-19-20(25)7-6-8-21(19)27/h6-12,16,22H,4-5,13-15H2,1-3H3,(H,28,31)/t16-,22-/m1/s1. The Bertz CT molecular complexity index is 891. The van der Waals surface area contributed by atoms with Crippen molar-refractivity contribution in [1.82, 2.24) is 10.2 Å². The SMILES string of the molecule is CC[C@@H](C)NC(=O)[C@@H](CC)N(Cc1ccc(F)cc1)C(=O)CSCc1c(F)cccc1Cl. The summed E-state index contributed by atoms with van der Waals surface area (Å²) in [7, 11) is 0. The summed E-state index contributed by atoms with van der Waals surface area (Å²) in [5.74, 6) is -0.973. The van der Waals surface area contributed by atoms with Gasteiger partial charge in [0.05, 0.1) is 5.75 Å². The summed E-state index contributed by atoms with van der Waals surface area (Å²) in [5.41, 5.74) is 1.07. The summed E-state index contributed by atoms with van der Waals surface area (Å²) in [5, 5.41) is 3.25. The van der Waals surface area contributed by atoms with Gasteiger partial charge < -0.3 is 10.2 Å². The van der Waals surface area contributed by atoms with Crippen LogP contribution in [0, 0.1) is 11.6 Å². The molecule has 0 aromatic heterocycles. The van der Waals surface area contributed by atoms with Gasteiger partial charge in [-0.05, 0) is 49.6 Å². The van der Waals surface area contributed by atoms with Crippen LogP contribution in [0.1, 0.15) is 44.7 Å². The minimum absolute atomic E-state index is 0.0168. The van der Waals surface area contributed by atoms with E-state index in [1.165, 1.54) is 40.9 Å². The van der Waals surface area contributed by atoms with Gasteiger partial charge in [-0.25, -0.2) is 8.78 Å². The molecule has 0 aliphatic heterocycles. The molecule has 174 valence electrons. The molecule has 0 heterocycles. The van der Waals surface area contributed by atoms with E-state index in [0.717, 1.165) is 12.0 Å².